The van der Waals surface area contributed by atoms with Crippen LogP contribution in [0.4, 0.5) is 5.69 Å². The highest BCUT2D eigenvalue weighted by molar-refractivity contribution is 8.01. The standard InChI is InChI=1S/C20H17ClN4O2S2/c1-25-18(10-17-19(27)22-14-4-2-3-5-16(14)29-17)23-24-20(25)28-11-15(26)12-6-8-13(21)9-7-12/h2-9,17H,10-11H2,1H3,(H,22,27)/t17-/m0/s1. The van der Waals surface area contributed by atoms with Gasteiger partial charge in [0.15, 0.2) is 10.9 Å². The first-order valence-electron chi connectivity index (χ1n) is 8.87. The highest BCUT2D eigenvalue weighted by Gasteiger charge is 2.28. The SMILES string of the molecule is Cn1c(C[C@@H]2Sc3ccccc3NC2=O)nnc1SCC(=O)c1ccc(Cl)cc1. The summed E-state index contributed by atoms with van der Waals surface area (Å²) in [4.78, 5) is 25.8. The molecule has 29 heavy (non-hydrogen) atoms. The summed E-state index contributed by atoms with van der Waals surface area (Å²) in [5, 5.41) is 12.3. The molecule has 1 atom stereocenters. The lowest BCUT2D eigenvalue weighted by Crippen LogP contribution is -2.31. The molecule has 1 N–H and O–H groups in total. The molecule has 1 aromatic heterocycles. The molecule has 3 aromatic rings. The van der Waals surface area contributed by atoms with Crippen LogP contribution in [0.25, 0.3) is 0 Å². The number of anilines is 1. The molecular weight excluding hydrogens is 428 g/mol. The third kappa shape index (κ3) is 4.49. The maximum Gasteiger partial charge on any atom is 0.238 e. The maximum absolute atomic E-state index is 12.4. The van der Waals surface area contributed by atoms with Crippen LogP contribution in [0, 0.1) is 0 Å². The Balaban J connectivity index is 1.40. The van der Waals surface area contributed by atoms with Crippen molar-refractivity contribution in [3.05, 3.63) is 64.9 Å². The van der Waals surface area contributed by atoms with Gasteiger partial charge in [0.05, 0.1) is 16.7 Å². The highest BCUT2D eigenvalue weighted by Crippen LogP contribution is 2.36. The van der Waals surface area contributed by atoms with Gasteiger partial charge in [-0.25, -0.2) is 0 Å². The number of nitrogens with zero attached hydrogens (tertiary/aromatic N) is 3. The van der Waals surface area contributed by atoms with Crippen molar-refractivity contribution in [3.63, 3.8) is 0 Å². The van der Waals surface area contributed by atoms with Gasteiger partial charge in [0.25, 0.3) is 0 Å². The normalized spacial score (nSPS) is 15.7. The van der Waals surface area contributed by atoms with Gasteiger partial charge < -0.3 is 9.88 Å². The van der Waals surface area contributed by atoms with Crippen LogP contribution < -0.4 is 5.32 Å². The topological polar surface area (TPSA) is 76.9 Å². The van der Waals surface area contributed by atoms with Gasteiger partial charge in [-0.3, -0.25) is 9.59 Å². The Bertz CT molecular complexity index is 1070. The molecule has 2 aromatic carbocycles. The maximum atomic E-state index is 12.4. The zero-order chi connectivity index (χ0) is 20.4. The molecule has 0 unspecified atom stereocenters. The average molecular weight is 445 g/mol. The monoisotopic (exact) mass is 444 g/mol. The minimum atomic E-state index is -0.277. The second-order valence-corrected chi connectivity index (χ2v) is 9.10. The van der Waals surface area contributed by atoms with Crippen LogP contribution >= 0.6 is 35.1 Å². The number of carbonyl (C=O) groups excluding carboxylic acids is 2. The number of hydrogen-bond donors (Lipinski definition) is 1. The van der Waals surface area contributed by atoms with Gasteiger partial charge in [-0.2, -0.15) is 0 Å². The quantitative estimate of drug-likeness (QED) is 0.455. The van der Waals surface area contributed by atoms with Gasteiger partial charge in [0.2, 0.25) is 5.91 Å². The summed E-state index contributed by atoms with van der Waals surface area (Å²) in [5.41, 5.74) is 1.45. The smallest absolute Gasteiger partial charge is 0.238 e. The number of nitrogens with one attached hydrogen (secondary N) is 1. The number of hydrogen-bond acceptors (Lipinski definition) is 6. The molecular formula is C20H17ClN4O2S2. The number of carbonyl (C=O) groups is 2. The zero-order valence-corrected chi connectivity index (χ0v) is 17.9. The molecule has 0 bridgehead atoms. The summed E-state index contributed by atoms with van der Waals surface area (Å²) in [6, 6.07) is 14.6. The van der Waals surface area contributed by atoms with Crippen LogP contribution in [-0.4, -0.2) is 37.5 Å². The molecule has 9 heteroatoms. The van der Waals surface area contributed by atoms with Gasteiger partial charge >= 0.3 is 0 Å². The Morgan fingerprint density at radius 2 is 1.97 bits per heavy atom. The fourth-order valence-corrected chi connectivity index (χ4v) is 4.95. The molecule has 0 aliphatic carbocycles. The lowest BCUT2D eigenvalue weighted by molar-refractivity contribution is -0.115. The first-order chi connectivity index (χ1) is 14.0. The fourth-order valence-electron chi connectivity index (χ4n) is 2.89. The molecule has 148 valence electrons. The van der Waals surface area contributed by atoms with Crippen LogP contribution in [0.1, 0.15) is 16.2 Å². The number of aromatic nitrogens is 3. The molecule has 0 saturated carbocycles. The molecule has 0 fully saturated rings. The van der Waals surface area contributed by atoms with Gasteiger partial charge in [0, 0.05) is 29.0 Å². The molecule has 1 aliphatic heterocycles. The van der Waals surface area contributed by atoms with Crippen LogP contribution in [0.5, 0.6) is 0 Å². The molecule has 4 rings (SSSR count). The molecule has 6 nitrogen and oxygen atoms in total. The Morgan fingerprint density at radius 3 is 2.76 bits per heavy atom. The number of para-hydroxylation sites is 1. The second kappa shape index (κ2) is 8.61. The van der Waals surface area contributed by atoms with Gasteiger partial charge in [-0.1, -0.05) is 35.5 Å². The van der Waals surface area contributed by atoms with E-state index in [1.54, 1.807) is 24.3 Å². The third-order valence-electron chi connectivity index (χ3n) is 4.50. The van der Waals surface area contributed by atoms with Gasteiger partial charge in [-0.15, -0.1) is 22.0 Å². The van der Waals surface area contributed by atoms with E-state index in [4.69, 9.17) is 11.6 Å². The van der Waals surface area contributed by atoms with Crippen molar-refractivity contribution in [2.24, 2.45) is 7.05 Å². The molecule has 0 spiro atoms. The average Bonchev–Trinajstić information content (AvgIpc) is 3.06. The summed E-state index contributed by atoms with van der Waals surface area (Å²) >= 11 is 8.72. The van der Waals surface area contributed by atoms with E-state index in [0.29, 0.717) is 28.0 Å². The highest BCUT2D eigenvalue weighted by atomic mass is 35.5. The van der Waals surface area contributed by atoms with E-state index in [1.165, 1.54) is 23.5 Å². The summed E-state index contributed by atoms with van der Waals surface area (Å²) in [5.74, 6) is 0.914. The number of fused-ring (bicyclic) bond motifs is 1. The van der Waals surface area contributed by atoms with E-state index in [0.717, 1.165) is 10.6 Å². The van der Waals surface area contributed by atoms with Crippen molar-refractivity contribution in [1.29, 1.82) is 0 Å². The van der Waals surface area contributed by atoms with E-state index in [9.17, 15) is 9.59 Å². The Labute approximate surface area is 181 Å². The van der Waals surface area contributed by atoms with Crippen molar-refractivity contribution in [2.45, 2.75) is 21.7 Å². The van der Waals surface area contributed by atoms with Crippen LogP contribution in [-0.2, 0) is 18.3 Å². The van der Waals surface area contributed by atoms with E-state index < -0.39 is 0 Å². The third-order valence-corrected chi connectivity index (χ3v) is 7.05. The summed E-state index contributed by atoms with van der Waals surface area (Å²) in [6.07, 6.45) is 0.458. The summed E-state index contributed by atoms with van der Waals surface area (Å²) in [7, 11) is 1.85. The minimum Gasteiger partial charge on any atom is -0.324 e. The minimum absolute atomic E-state index is 0.00459. The molecule has 1 amide bonds. The van der Waals surface area contributed by atoms with Gasteiger partial charge in [0.1, 0.15) is 5.82 Å². The number of halogens is 1. The van der Waals surface area contributed by atoms with E-state index >= 15 is 0 Å². The summed E-state index contributed by atoms with van der Waals surface area (Å²) in [6.45, 7) is 0. The van der Waals surface area contributed by atoms with Crippen LogP contribution in [0.15, 0.2) is 58.6 Å². The number of benzene rings is 2. The van der Waals surface area contributed by atoms with Crippen molar-refractivity contribution in [3.8, 4) is 0 Å². The van der Waals surface area contributed by atoms with Crippen molar-refractivity contribution < 1.29 is 9.59 Å². The molecule has 0 radical (unpaired) electrons. The lowest BCUT2D eigenvalue weighted by atomic mass is 10.1. The zero-order valence-electron chi connectivity index (χ0n) is 15.5. The summed E-state index contributed by atoms with van der Waals surface area (Å²) < 4.78 is 1.84. The Kier molecular flexibility index (Phi) is 5.94. The van der Waals surface area contributed by atoms with Crippen LogP contribution in [0.2, 0.25) is 5.02 Å². The van der Waals surface area contributed by atoms with Crippen molar-refractivity contribution in [1.82, 2.24) is 14.8 Å². The fraction of sp³-hybridized carbons (Fsp3) is 0.200. The van der Waals surface area contributed by atoms with E-state index in [1.807, 2.05) is 35.9 Å². The number of Topliss-reactive ketones (excluding diaryl/α,β-unsaturated/α-hetero) is 1. The predicted molar refractivity (Wildman–Crippen MR) is 116 cm³/mol. The first kappa shape index (κ1) is 20.0. The van der Waals surface area contributed by atoms with E-state index in [-0.39, 0.29) is 22.7 Å². The van der Waals surface area contributed by atoms with Crippen molar-refractivity contribution >= 4 is 52.5 Å². The first-order valence-corrected chi connectivity index (χ1v) is 11.1. The number of ketones is 1. The Hall–Kier alpha value is -2.29. The number of thioether (sulfide) groups is 2. The Morgan fingerprint density at radius 1 is 1.21 bits per heavy atom. The lowest BCUT2D eigenvalue weighted by Gasteiger charge is -2.23. The van der Waals surface area contributed by atoms with Crippen LogP contribution in [0.3, 0.4) is 0 Å². The van der Waals surface area contributed by atoms with Gasteiger partial charge in [-0.05, 0) is 36.4 Å². The molecule has 2 heterocycles. The van der Waals surface area contributed by atoms with Crippen molar-refractivity contribution in [2.75, 3.05) is 11.1 Å². The largest absolute Gasteiger partial charge is 0.324 e. The predicted octanol–water partition coefficient (Wildman–Crippen LogP) is 4.10. The molecule has 1 aliphatic rings. The van der Waals surface area contributed by atoms with E-state index in [2.05, 4.69) is 15.5 Å². The second-order valence-electron chi connectivity index (χ2n) is 6.47. The number of amides is 1. The number of rotatable bonds is 6. The molecule has 0 saturated heterocycles.